The Kier molecular flexibility index (Phi) is 5.88. The van der Waals surface area contributed by atoms with Crippen LogP contribution in [0.3, 0.4) is 0 Å². The number of hydrogen-bond donors (Lipinski definition) is 0. The Bertz CT molecular complexity index is 662. The van der Waals surface area contributed by atoms with Gasteiger partial charge < -0.3 is 4.74 Å². The summed E-state index contributed by atoms with van der Waals surface area (Å²) in [4.78, 5) is 11.5. The summed E-state index contributed by atoms with van der Waals surface area (Å²) in [6, 6.07) is 6.24. The first kappa shape index (κ1) is 17.1. The van der Waals surface area contributed by atoms with Gasteiger partial charge in [-0.15, -0.1) is 0 Å². The third-order valence-corrected chi connectivity index (χ3v) is 4.84. The number of nitriles is 1. The van der Waals surface area contributed by atoms with E-state index in [1.54, 1.807) is 20.8 Å². The first-order valence-electron chi connectivity index (χ1n) is 6.53. The van der Waals surface area contributed by atoms with Crippen LogP contribution in [0.5, 0.6) is 0 Å². The molecule has 0 saturated carbocycles. The Balaban J connectivity index is 3.10. The van der Waals surface area contributed by atoms with Crippen molar-refractivity contribution in [3.05, 3.63) is 29.3 Å². The first-order valence-corrected chi connectivity index (χ1v) is 7.97. The summed E-state index contributed by atoms with van der Waals surface area (Å²) >= 11 is 0. The fraction of sp³-hybridized carbons (Fsp3) is 0.429. The van der Waals surface area contributed by atoms with Gasteiger partial charge in [0, 0.05) is 6.54 Å². The van der Waals surface area contributed by atoms with Crippen molar-refractivity contribution in [2.75, 3.05) is 19.7 Å². The predicted octanol–water partition coefficient (Wildman–Crippen LogP) is 1.44. The number of ether oxygens (including phenoxy) is 1. The van der Waals surface area contributed by atoms with Gasteiger partial charge in [-0.05, 0) is 37.6 Å². The van der Waals surface area contributed by atoms with Gasteiger partial charge in [0.2, 0.25) is 10.0 Å². The molecule has 0 aliphatic heterocycles. The molecular weight excluding hydrogens is 292 g/mol. The summed E-state index contributed by atoms with van der Waals surface area (Å²) in [6.07, 6.45) is 0. The van der Waals surface area contributed by atoms with Crippen molar-refractivity contribution in [2.45, 2.75) is 25.7 Å². The van der Waals surface area contributed by atoms with E-state index in [1.807, 2.05) is 6.07 Å². The lowest BCUT2D eigenvalue weighted by molar-refractivity contribution is -0.143. The molecule has 1 rings (SSSR count). The van der Waals surface area contributed by atoms with Gasteiger partial charge in [0.15, 0.2) is 0 Å². The zero-order valence-corrected chi connectivity index (χ0v) is 13.1. The Morgan fingerprint density at radius 1 is 1.38 bits per heavy atom. The lowest BCUT2D eigenvalue weighted by atomic mass is 10.1. The van der Waals surface area contributed by atoms with Crippen LogP contribution in [0.4, 0.5) is 0 Å². The van der Waals surface area contributed by atoms with Gasteiger partial charge >= 0.3 is 5.97 Å². The fourth-order valence-corrected chi connectivity index (χ4v) is 3.27. The number of sulfonamides is 1. The molecule has 21 heavy (non-hydrogen) atoms. The molecule has 0 amide bonds. The smallest absolute Gasteiger partial charge is 0.321 e. The van der Waals surface area contributed by atoms with Crippen LogP contribution in [0.1, 0.15) is 25.0 Å². The molecule has 0 saturated heterocycles. The molecule has 7 heteroatoms. The Morgan fingerprint density at radius 3 is 2.52 bits per heavy atom. The molecule has 0 heterocycles. The molecule has 6 nitrogen and oxygen atoms in total. The first-order chi connectivity index (χ1) is 9.86. The highest BCUT2D eigenvalue weighted by Gasteiger charge is 2.26. The minimum Gasteiger partial charge on any atom is -0.465 e. The minimum atomic E-state index is -3.79. The third-order valence-electron chi connectivity index (χ3n) is 2.92. The number of nitrogens with zero attached hydrogens (tertiary/aromatic N) is 2. The van der Waals surface area contributed by atoms with Crippen LogP contribution in [-0.4, -0.2) is 38.4 Å². The Morgan fingerprint density at radius 2 is 2.05 bits per heavy atom. The number of aryl methyl sites for hydroxylation is 1. The van der Waals surface area contributed by atoms with E-state index in [1.165, 1.54) is 18.2 Å². The highest BCUT2D eigenvalue weighted by Crippen LogP contribution is 2.19. The number of carbonyl (C=O) groups is 1. The van der Waals surface area contributed by atoms with Gasteiger partial charge in [-0.25, -0.2) is 8.42 Å². The van der Waals surface area contributed by atoms with Gasteiger partial charge in [-0.2, -0.15) is 9.57 Å². The second kappa shape index (κ2) is 7.20. The van der Waals surface area contributed by atoms with Crippen molar-refractivity contribution < 1.29 is 17.9 Å². The summed E-state index contributed by atoms with van der Waals surface area (Å²) in [5.41, 5.74) is 0.994. The number of hydrogen-bond acceptors (Lipinski definition) is 5. The zero-order valence-electron chi connectivity index (χ0n) is 12.3. The van der Waals surface area contributed by atoms with Crippen molar-refractivity contribution in [1.82, 2.24) is 4.31 Å². The third kappa shape index (κ3) is 4.03. The van der Waals surface area contributed by atoms with Crippen molar-refractivity contribution in [3.63, 3.8) is 0 Å². The van der Waals surface area contributed by atoms with E-state index in [2.05, 4.69) is 0 Å². The van der Waals surface area contributed by atoms with Crippen LogP contribution in [0.25, 0.3) is 0 Å². The average molecular weight is 310 g/mol. The van der Waals surface area contributed by atoms with Crippen LogP contribution in [-0.2, 0) is 19.6 Å². The summed E-state index contributed by atoms with van der Waals surface area (Å²) in [5, 5.41) is 8.87. The number of rotatable bonds is 6. The molecule has 0 aliphatic carbocycles. The molecule has 0 N–H and O–H groups in total. The highest BCUT2D eigenvalue weighted by atomic mass is 32.2. The largest absolute Gasteiger partial charge is 0.465 e. The van der Waals surface area contributed by atoms with E-state index in [4.69, 9.17) is 10.00 Å². The van der Waals surface area contributed by atoms with Crippen LogP contribution < -0.4 is 0 Å². The number of benzene rings is 1. The van der Waals surface area contributed by atoms with Gasteiger partial charge in [-0.1, -0.05) is 6.92 Å². The quantitative estimate of drug-likeness (QED) is 0.742. The summed E-state index contributed by atoms with van der Waals surface area (Å²) in [5.74, 6) is -0.590. The van der Waals surface area contributed by atoms with Crippen molar-refractivity contribution in [2.24, 2.45) is 0 Å². The van der Waals surface area contributed by atoms with Crippen molar-refractivity contribution >= 4 is 16.0 Å². The summed E-state index contributed by atoms with van der Waals surface area (Å²) in [7, 11) is -3.79. The molecule has 0 atom stereocenters. The van der Waals surface area contributed by atoms with E-state index in [9.17, 15) is 13.2 Å². The highest BCUT2D eigenvalue weighted by molar-refractivity contribution is 7.89. The zero-order chi connectivity index (χ0) is 16.0. The minimum absolute atomic E-state index is 0.0603. The second-order valence-corrected chi connectivity index (χ2v) is 6.26. The molecule has 0 aliphatic rings. The van der Waals surface area contributed by atoms with E-state index in [-0.39, 0.29) is 24.6 Å². The number of likely N-dealkylation sites (N-methyl/N-ethyl adjacent to an activating group) is 1. The van der Waals surface area contributed by atoms with Gasteiger partial charge in [-0.3, -0.25) is 4.79 Å². The van der Waals surface area contributed by atoms with Crippen LogP contribution in [0.2, 0.25) is 0 Å². The fourth-order valence-electron chi connectivity index (χ4n) is 1.79. The van der Waals surface area contributed by atoms with E-state index in [0.717, 1.165) is 4.31 Å². The molecule has 0 fully saturated rings. The van der Waals surface area contributed by atoms with E-state index in [0.29, 0.717) is 11.1 Å². The van der Waals surface area contributed by atoms with Crippen LogP contribution in [0, 0.1) is 18.3 Å². The predicted molar refractivity (Wildman–Crippen MR) is 77.0 cm³/mol. The van der Waals surface area contributed by atoms with Gasteiger partial charge in [0.05, 0.1) is 23.1 Å². The molecule has 1 aromatic rings. The molecule has 0 unspecified atom stereocenters. The van der Waals surface area contributed by atoms with Gasteiger partial charge in [0.1, 0.15) is 6.54 Å². The molecular formula is C14H18N2O4S. The normalized spacial score (nSPS) is 11.2. The molecule has 0 radical (unpaired) electrons. The average Bonchev–Trinajstić information content (AvgIpc) is 2.44. The maximum absolute atomic E-state index is 12.5. The second-order valence-electron chi connectivity index (χ2n) is 4.32. The molecule has 0 spiro atoms. The molecule has 114 valence electrons. The van der Waals surface area contributed by atoms with Crippen molar-refractivity contribution in [1.29, 1.82) is 5.26 Å². The van der Waals surface area contributed by atoms with Crippen molar-refractivity contribution in [3.8, 4) is 6.07 Å². The Labute approximate surface area is 125 Å². The summed E-state index contributed by atoms with van der Waals surface area (Å²) in [6.45, 7) is 5.00. The number of carbonyl (C=O) groups excluding carboxylic acids is 1. The maximum atomic E-state index is 12.5. The van der Waals surface area contributed by atoms with E-state index >= 15 is 0 Å². The number of esters is 1. The maximum Gasteiger partial charge on any atom is 0.321 e. The molecule has 0 aromatic heterocycles. The summed E-state index contributed by atoms with van der Waals surface area (Å²) < 4.78 is 30.8. The van der Waals surface area contributed by atoms with Gasteiger partial charge in [0.25, 0.3) is 0 Å². The SMILES string of the molecule is CCOC(=O)CN(CC)S(=O)(=O)c1ccc(C#N)c(C)c1. The molecule has 0 bridgehead atoms. The Hall–Kier alpha value is -1.91. The van der Waals surface area contributed by atoms with E-state index < -0.39 is 16.0 Å². The van der Waals surface area contributed by atoms with Crippen LogP contribution >= 0.6 is 0 Å². The lowest BCUT2D eigenvalue weighted by Gasteiger charge is -2.19. The molecule has 1 aromatic carbocycles. The van der Waals surface area contributed by atoms with Crippen LogP contribution in [0.15, 0.2) is 23.1 Å². The monoisotopic (exact) mass is 310 g/mol. The lowest BCUT2D eigenvalue weighted by Crippen LogP contribution is -2.36. The topological polar surface area (TPSA) is 87.5 Å². The standard InChI is InChI=1S/C14H18N2O4S/c1-4-16(10-14(17)20-5-2)21(18,19)13-7-6-12(9-15)11(3)8-13/h6-8H,4-5,10H2,1-3H3.